The lowest BCUT2D eigenvalue weighted by Crippen LogP contribution is -2.48. The van der Waals surface area contributed by atoms with Crippen LogP contribution in [-0.2, 0) is 21.9 Å². The number of nitrogens with zero attached hydrogens (tertiary/aromatic N) is 2. The molecule has 1 spiro atoms. The van der Waals surface area contributed by atoms with Crippen molar-refractivity contribution in [2.75, 3.05) is 24.6 Å². The molecule has 6 atom stereocenters. The maximum Gasteiger partial charge on any atom is 0.264 e. The molecule has 2 bridgehead atoms. The molecule has 2 aliphatic heterocycles. The van der Waals surface area contributed by atoms with E-state index in [0.717, 1.165) is 55.9 Å². The summed E-state index contributed by atoms with van der Waals surface area (Å²) in [6.45, 7) is 5.57. The molecular formula is C34H40ClN3O4S. The van der Waals surface area contributed by atoms with Crippen LogP contribution in [0.25, 0.3) is 0 Å². The molecule has 0 unspecified atom stereocenters. The van der Waals surface area contributed by atoms with Gasteiger partial charge in [-0.05, 0) is 111 Å². The lowest BCUT2D eigenvalue weighted by molar-refractivity contribution is 0.0980. The maximum atomic E-state index is 13.4. The number of anilines is 1. The Kier molecular flexibility index (Phi) is 8.25. The first-order valence-electron chi connectivity index (χ1n) is 15.5. The molecule has 1 saturated carbocycles. The molecule has 2 aliphatic carbocycles. The largest absolute Gasteiger partial charge is 0.490 e. The number of aryl methyl sites for hydroxylation is 1. The van der Waals surface area contributed by atoms with Gasteiger partial charge in [0.2, 0.25) is 10.0 Å². The maximum absolute atomic E-state index is 13.4. The van der Waals surface area contributed by atoms with Gasteiger partial charge in [-0.3, -0.25) is 4.79 Å². The minimum atomic E-state index is -3.95. The average molecular weight is 622 g/mol. The van der Waals surface area contributed by atoms with Gasteiger partial charge in [0.1, 0.15) is 5.75 Å². The van der Waals surface area contributed by atoms with Gasteiger partial charge < -0.3 is 9.64 Å². The minimum absolute atomic E-state index is 0.0396. The third-order valence-corrected chi connectivity index (χ3v) is 12.6. The molecule has 4 aliphatic rings. The fourth-order valence-electron chi connectivity index (χ4n) is 7.52. The lowest BCUT2D eigenvalue weighted by Gasteiger charge is -2.44. The van der Waals surface area contributed by atoms with Gasteiger partial charge in [0, 0.05) is 35.5 Å². The monoisotopic (exact) mass is 621 g/mol. The van der Waals surface area contributed by atoms with Crippen LogP contribution in [0.4, 0.5) is 5.69 Å². The molecule has 2 heterocycles. The Morgan fingerprint density at radius 2 is 2.00 bits per heavy atom. The van der Waals surface area contributed by atoms with E-state index in [-0.39, 0.29) is 17.3 Å². The molecule has 9 heteroatoms. The molecule has 2 aromatic carbocycles. The molecule has 7 nitrogen and oxygen atoms in total. The number of ether oxygens (including phenoxy) is 1. The quantitative estimate of drug-likeness (QED) is 0.369. The summed E-state index contributed by atoms with van der Waals surface area (Å²) in [5.74, 6) is 0.609. The van der Waals surface area contributed by atoms with E-state index >= 15 is 0 Å². The van der Waals surface area contributed by atoms with Crippen molar-refractivity contribution in [3.8, 4) is 11.8 Å². The minimum Gasteiger partial charge on any atom is -0.490 e. The van der Waals surface area contributed by atoms with E-state index in [1.54, 1.807) is 19.1 Å². The van der Waals surface area contributed by atoms with Crippen LogP contribution in [0.3, 0.4) is 0 Å². The second-order valence-electron chi connectivity index (χ2n) is 13.2. The Morgan fingerprint density at radius 3 is 2.77 bits per heavy atom. The van der Waals surface area contributed by atoms with Crippen molar-refractivity contribution >= 4 is 33.2 Å². The van der Waals surface area contributed by atoms with Crippen LogP contribution in [0, 0.1) is 35.0 Å². The Morgan fingerprint density at radius 1 is 1.16 bits per heavy atom. The number of rotatable bonds is 1. The highest BCUT2D eigenvalue weighted by molar-refractivity contribution is 7.90. The van der Waals surface area contributed by atoms with Crippen LogP contribution in [0.2, 0.25) is 5.02 Å². The molecular weight excluding hydrogens is 582 g/mol. The zero-order chi connectivity index (χ0) is 30.4. The van der Waals surface area contributed by atoms with Gasteiger partial charge in [-0.25, -0.2) is 13.1 Å². The van der Waals surface area contributed by atoms with E-state index in [1.165, 1.54) is 11.1 Å². The van der Waals surface area contributed by atoms with Crippen LogP contribution < -0.4 is 14.4 Å². The van der Waals surface area contributed by atoms with E-state index in [9.17, 15) is 18.5 Å². The molecule has 0 saturated heterocycles. The number of amides is 1. The predicted molar refractivity (Wildman–Crippen MR) is 169 cm³/mol. The van der Waals surface area contributed by atoms with Crippen molar-refractivity contribution in [1.29, 1.82) is 5.26 Å². The molecule has 6 rings (SSSR count). The number of hydrogen-bond acceptors (Lipinski definition) is 6. The second-order valence-corrected chi connectivity index (χ2v) is 15.7. The number of carbonyl (C=O) groups is 1. The molecule has 1 fully saturated rings. The van der Waals surface area contributed by atoms with E-state index in [4.69, 9.17) is 16.3 Å². The first-order valence-corrected chi connectivity index (χ1v) is 17.4. The Hall–Kier alpha value is -3.02. The molecule has 43 heavy (non-hydrogen) atoms. The summed E-state index contributed by atoms with van der Waals surface area (Å²) in [5.41, 5.74) is 3.43. The van der Waals surface area contributed by atoms with E-state index in [1.807, 2.05) is 19.1 Å². The molecule has 0 radical (unpaired) electrons. The summed E-state index contributed by atoms with van der Waals surface area (Å²) in [6.07, 6.45) is 10.5. The third-order valence-electron chi connectivity index (χ3n) is 10.4. The van der Waals surface area contributed by atoms with E-state index < -0.39 is 21.2 Å². The van der Waals surface area contributed by atoms with Crippen LogP contribution in [-0.4, -0.2) is 39.3 Å². The third kappa shape index (κ3) is 5.91. The summed E-state index contributed by atoms with van der Waals surface area (Å²) in [4.78, 5) is 15.8. The van der Waals surface area contributed by atoms with Gasteiger partial charge in [-0.15, -0.1) is 0 Å². The van der Waals surface area contributed by atoms with Gasteiger partial charge in [-0.2, -0.15) is 5.26 Å². The number of halogens is 1. The summed E-state index contributed by atoms with van der Waals surface area (Å²) in [7, 11) is -3.95. The van der Waals surface area contributed by atoms with Gasteiger partial charge >= 0.3 is 0 Å². The number of nitrogens with one attached hydrogen (secondary N) is 1. The van der Waals surface area contributed by atoms with Gasteiger partial charge in [-0.1, -0.05) is 36.7 Å². The fraction of sp³-hybridized carbons (Fsp3) is 0.529. The molecule has 228 valence electrons. The molecule has 1 N–H and O–H groups in total. The van der Waals surface area contributed by atoms with Gasteiger partial charge in [0.25, 0.3) is 5.91 Å². The SMILES string of the molecule is C[C@@H]1[C@@H](C)C[C@H](CC#N)/C=C/[C@@H]2CC[C@H]2CN2C[C@@]3(CCCc4cc(Cl)ccc43)COc3ccc(cc32)C(=O)NS1(=O)=O. The van der Waals surface area contributed by atoms with Crippen molar-refractivity contribution in [3.05, 3.63) is 70.3 Å². The summed E-state index contributed by atoms with van der Waals surface area (Å²) < 4.78 is 35.5. The van der Waals surface area contributed by atoms with Crippen molar-refractivity contribution in [3.63, 3.8) is 0 Å². The highest BCUT2D eigenvalue weighted by Gasteiger charge is 2.43. The zero-order valence-corrected chi connectivity index (χ0v) is 26.5. The first kappa shape index (κ1) is 30.0. The normalized spacial score (nSPS) is 32.6. The van der Waals surface area contributed by atoms with Gasteiger partial charge in [0.15, 0.2) is 0 Å². The molecule has 1 amide bonds. The number of carbonyl (C=O) groups excluding carboxylic acids is 1. The van der Waals surface area contributed by atoms with Crippen molar-refractivity contribution in [2.24, 2.45) is 23.7 Å². The number of hydrogen-bond donors (Lipinski definition) is 1. The van der Waals surface area contributed by atoms with Crippen LogP contribution in [0.1, 0.15) is 73.9 Å². The summed E-state index contributed by atoms with van der Waals surface area (Å²) in [5, 5.41) is 9.45. The summed E-state index contributed by atoms with van der Waals surface area (Å²) >= 11 is 6.40. The van der Waals surface area contributed by atoms with E-state index in [2.05, 4.69) is 40.0 Å². The summed E-state index contributed by atoms with van der Waals surface area (Å²) in [6, 6.07) is 13.8. The zero-order valence-electron chi connectivity index (χ0n) is 24.9. The Balaban J connectivity index is 1.42. The lowest BCUT2D eigenvalue weighted by atomic mass is 9.69. The van der Waals surface area contributed by atoms with E-state index in [0.29, 0.717) is 42.6 Å². The molecule has 0 aromatic heterocycles. The number of fused-ring (bicyclic) bond motifs is 4. The number of sulfonamides is 1. The highest BCUT2D eigenvalue weighted by Crippen LogP contribution is 2.46. The first-order chi connectivity index (χ1) is 20.6. The van der Waals surface area contributed by atoms with Gasteiger partial charge in [0.05, 0.1) is 23.6 Å². The predicted octanol–water partition coefficient (Wildman–Crippen LogP) is 6.41. The Bertz CT molecular complexity index is 1580. The highest BCUT2D eigenvalue weighted by atomic mass is 35.5. The topological polar surface area (TPSA) is 99.5 Å². The van der Waals surface area contributed by atoms with Crippen molar-refractivity contribution < 1.29 is 17.9 Å². The van der Waals surface area contributed by atoms with Crippen molar-refractivity contribution in [2.45, 2.75) is 69.5 Å². The standard InChI is InChI=1S/C34H40ClN3O4S/c1-22-16-24(13-15-36)5-6-25-7-8-28(25)19-38-20-34(14-3-4-26-17-29(35)10-11-30(26)34)21-42-32-12-9-27(18-31(32)38)33(39)37-43(40,41)23(22)2/h5-6,9-12,17-18,22-25,28H,3-4,7-8,13-14,16,19-21H2,1-2H3,(H,37,39)/b6-5+/t22-,23+,24-,25+,28-,34-/m0/s1. The number of allylic oxidation sites excluding steroid dienone is 2. The Labute approximate surface area is 260 Å². The van der Waals surface area contributed by atoms with Crippen molar-refractivity contribution in [1.82, 2.24) is 4.72 Å². The average Bonchev–Trinajstić information content (AvgIpc) is 3.11. The second kappa shape index (κ2) is 11.8. The number of benzene rings is 2. The fourth-order valence-corrected chi connectivity index (χ4v) is 9.00. The van der Waals surface area contributed by atoms with Crippen LogP contribution in [0.15, 0.2) is 48.6 Å². The van der Waals surface area contributed by atoms with Crippen LogP contribution >= 0.6 is 11.6 Å². The smallest absolute Gasteiger partial charge is 0.264 e. The number of nitriles is 1. The van der Waals surface area contributed by atoms with Crippen LogP contribution in [0.5, 0.6) is 5.75 Å². The molecule has 2 aromatic rings.